The van der Waals surface area contributed by atoms with Crippen molar-refractivity contribution < 1.29 is 28.5 Å². The zero-order valence-electron chi connectivity index (χ0n) is 15.6. The van der Waals surface area contributed by atoms with Crippen LogP contribution in [0.25, 0.3) is 6.08 Å². The second-order valence-electron chi connectivity index (χ2n) is 5.36. The molecule has 0 atom stereocenters. The van der Waals surface area contributed by atoms with E-state index in [2.05, 4.69) is 0 Å². The molecule has 0 spiro atoms. The van der Waals surface area contributed by atoms with Crippen LogP contribution in [0, 0.1) is 0 Å². The number of rotatable bonds is 10. The molecule has 1 aliphatic heterocycles. The maximum Gasteiger partial charge on any atom is 0.252 e. The van der Waals surface area contributed by atoms with Gasteiger partial charge in [0, 0.05) is 25.5 Å². The number of thioether (sulfide) groups is 1. The van der Waals surface area contributed by atoms with Gasteiger partial charge in [-0.1, -0.05) is 24.0 Å². The number of carbonyl (C=O) groups excluding carboxylic acids is 1. The van der Waals surface area contributed by atoms with E-state index >= 15 is 0 Å². The molecule has 0 radical (unpaired) electrons. The van der Waals surface area contributed by atoms with E-state index in [9.17, 15) is 4.79 Å². The minimum Gasteiger partial charge on any atom is -0.493 e. The van der Waals surface area contributed by atoms with Crippen molar-refractivity contribution in [3.05, 3.63) is 23.8 Å². The van der Waals surface area contributed by atoms with E-state index in [0.717, 1.165) is 11.3 Å². The summed E-state index contributed by atoms with van der Waals surface area (Å²) >= 11 is 6.68. The first-order valence-electron chi connectivity index (χ1n) is 8.22. The van der Waals surface area contributed by atoms with Crippen LogP contribution < -0.4 is 14.2 Å². The fraction of sp³-hybridized carbons (Fsp3) is 0.444. The summed E-state index contributed by atoms with van der Waals surface area (Å²) in [5, 5.41) is 0. The Labute approximate surface area is 168 Å². The van der Waals surface area contributed by atoms with Gasteiger partial charge in [0.25, 0.3) is 5.91 Å². The molecule has 148 valence electrons. The second-order valence-corrected chi connectivity index (χ2v) is 7.08. The summed E-state index contributed by atoms with van der Waals surface area (Å²) in [5.41, 5.74) is 0.738. The normalized spacial score (nSPS) is 14.0. The lowest BCUT2D eigenvalue weighted by Gasteiger charge is -2.15. The molecule has 1 fully saturated rings. The molecular weight excluding hydrogens is 390 g/mol. The van der Waals surface area contributed by atoms with Crippen LogP contribution in [0.3, 0.4) is 0 Å². The summed E-state index contributed by atoms with van der Waals surface area (Å²) in [6.07, 6.45) is 3.18. The van der Waals surface area contributed by atoms with Gasteiger partial charge in [0.1, 0.15) is 4.32 Å². The lowest BCUT2D eigenvalue weighted by atomic mass is 10.1. The van der Waals surface area contributed by atoms with Crippen molar-refractivity contribution in [1.82, 2.24) is 4.90 Å². The van der Waals surface area contributed by atoms with Crippen LogP contribution in [0.1, 0.15) is 5.56 Å². The number of amides is 1. The van der Waals surface area contributed by atoms with Crippen LogP contribution in [0.5, 0.6) is 17.2 Å². The Kier molecular flexibility index (Phi) is 8.86. The molecule has 0 N–H and O–H groups in total. The minimum absolute atomic E-state index is 0.0355. The van der Waals surface area contributed by atoms with Crippen molar-refractivity contribution >= 4 is 40.3 Å². The number of ether oxygens (including phenoxy) is 5. The average molecular weight is 414 g/mol. The molecule has 7 nitrogen and oxygen atoms in total. The Balaban J connectivity index is 2.10. The standard InChI is InChI=1S/C18H23NO6S2/c1-21-7-8-24-12-25-17-14(22-2)10-13(11-15(17)23-3)4-5-16(20)19-6-9-27-18(19)26/h4-5,10-11H,6-9,12H2,1-3H3/b5-4+. The fourth-order valence-corrected chi connectivity index (χ4v) is 3.51. The zero-order valence-corrected chi connectivity index (χ0v) is 17.2. The van der Waals surface area contributed by atoms with Gasteiger partial charge in [-0.2, -0.15) is 0 Å². The van der Waals surface area contributed by atoms with Crippen molar-refractivity contribution in [2.75, 3.05) is 53.6 Å². The first-order chi connectivity index (χ1) is 13.1. The lowest BCUT2D eigenvalue weighted by molar-refractivity contribution is -0.121. The third-order valence-corrected chi connectivity index (χ3v) is 5.07. The van der Waals surface area contributed by atoms with E-state index in [1.807, 2.05) is 0 Å². The number of carbonyl (C=O) groups is 1. The van der Waals surface area contributed by atoms with Crippen LogP contribution in [-0.4, -0.2) is 68.8 Å². The third-order valence-electron chi connectivity index (χ3n) is 3.65. The Morgan fingerprint density at radius 1 is 1.22 bits per heavy atom. The molecule has 1 saturated heterocycles. The predicted molar refractivity (Wildman–Crippen MR) is 109 cm³/mol. The fourth-order valence-electron chi connectivity index (χ4n) is 2.29. The minimum atomic E-state index is -0.144. The highest BCUT2D eigenvalue weighted by Crippen LogP contribution is 2.39. The number of nitrogens with zero attached hydrogens (tertiary/aromatic N) is 1. The molecular formula is C18H23NO6S2. The van der Waals surface area contributed by atoms with Crippen molar-refractivity contribution in [1.29, 1.82) is 0 Å². The first-order valence-corrected chi connectivity index (χ1v) is 9.62. The molecule has 1 aromatic carbocycles. The zero-order chi connectivity index (χ0) is 19.6. The largest absolute Gasteiger partial charge is 0.493 e. The molecule has 1 heterocycles. The highest BCUT2D eigenvalue weighted by molar-refractivity contribution is 8.23. The van der Waals surface area contributed by atoms with Gasteiger partial charge in [0.2, 0.25) is 5.75 Å². The van der Waals surface area contributed by atoms with E-state index in [4.69, 9.17) is 35.9 Å². The monoisotopic (exact) mass is 413 g/mol. The van der Waals surface area contributed by atoms with Crippen LogP contribution in [-0.2, 0) is 14.3 Å². The van der Waals surface area contributed by atoms with Gasteiger partial charge < -0.3 is 23.7 Å². The summed E-state index contributed by atoms with van der Waals surface area (Å²) < 4.78 is 27.2. The summed E-state index contributed by atoms with van der Waals surface area (Å²) in [5.74, 6) is 2.07. The van der Waals surface area contributed by atoms with Crippen molar-refractivity contribution in [3.63, 3.8) is 0 Å². The van der Waals surface area contributed by atoms with E-state index < -0.39 is 0 Å². The Hall–Kier alpha value is -1.81. The third kappa shape index (κ3) is 6.10. The molecule has 2 rings (SSSR count). The van der Waals surface area contributed by atoms with Gasteiger partial charge in [-0.05, 0) is 23.8 Å². The van der Waals surface area contributed by atoms with Gasteiger partial charge in [-0.3, -0.25) is 9.69 Å². The molecule has 0 saturated carbocycles. The highest BCUT2D eigenvalue weighted by atomic mass is 32.2. The Bertz CT molecular complexity index is 669. The quantitative estimate of drug-likeness (QED) is 0.251. The maximum absolute atomic E-state index is 12.3. The van der Waals surface area contributed by atoms with Gasteiger partial charge in [-0.25, -0.2) is 0 Å². The van der Waals surface area contributed by atoms with Crippen LogP contribution in [0.15, 0.2) is 18.2 Å². The number of hydrogen-bond acceptors (Lipinski definition) is 8. The molecule has 27 heavy (non-hydrogen) atoms. The summed E-state index contributed by atoms with van der Waals surface area (Å²) in [6, 6.07) is 3.52. The first kappa shape index (κ1) is 21.5. The highest BCUT2D eigenvalue weighted by Gasteiger charge is 2.22. The number of benzene rings is 1. The maximum atomic E-state index is 12.3. The SMILES string of the molecule is COCCOCOc1c(OC)cc(/C=C/C(=O)N2CCSC2=S)cc1OC. The topological polar surface area (TPSA) is 66.5 Å². The van der Waals surface area contributed by atoms with Gasteiger partial charge in [0.05, 0.1) is 27.4 Å². The van der Waals surface area contributed by atoms with Gasteiger partial charge in [-0.15, -0.1) is 0 Å². The van der Waals surface area contributed by atoms with E-state index in [1.165, 1.54) is 32.1 Å². The van der Waals surface area contributed by atoms with Crippen molar-refractivity contribution in [2.24, 2.45) is 0 Å². The van der Waals surface area contributed by atoms with Crippen molar-refractivity contribution in [2.45, 2.75) is 0 Å². The lowest BCUT2D eigenvalue weighted by Crippen LogP contribution is -2.28. The predicted octanol–water partition coefficient (Wildman–Crippen LogP) is 2.58. The van der Waals surface area contributed by atoms with Crippen LogP contribution in [0.2, 0.25) is 0 Å². The molecule has 0 aromatic heterocycles. The van der Waals surface area contributed by atoms with E-state index in [0.29, 0.717) is 41.3 Å². The molecule has 1 amide bonds. The molecule has 0 unspecified atom stereocenters. The van der Waals surface area contributed by atoms with E-state index in [-0.39, 0.29) is 12.7 Å². The molecule has 1 aromatic rings. The average Bonchev–Trinajstić information content (AvgIpc) is 3.11. The van der Waals surface area contributed by atoms with Crippen LogP contribution in [0.4, 0.5) is 0 Å². The molecule has 0 aliphatic carbocycles. The summed E-state index contributed by atoms with van der Waals surface area (Å²) in [6.45, 7) is 1.57. The smallest absolute Gasteiger partial charge is 0.252 e. The van der Waals surface area contributed by atoms with Crippen LogP contribution >= 0.6 is 24.0 Å². The summed E-state index contributed by atoms with van der Waals surface area (Å²) in [4.78, 5) is 13.8. The number of hydrogen-bond donors (Lipinski definition) is 0. The van der Waals surface area contributed by atoms with Gasteiger partial charge in [0.15, 0.2) is 18.3 Å². The molecule has 1 aliphatic rings. The second kappa shape index (κ2) is 11.1. The molecule has 9 heteroatoms. The summed E-state index contributed by atoms with van der Waals surface area (Å²) in [7, 11) is 4.67. The molecule has 0 bridgehead atoms. The number of methoxy groups -OCH3 is 3. The number of thiocarbonyl (C=S) groups is 1. The van der Waals surface area contributed by atoms with E-state index in [1.54, 1.807) is 30.2 Å². The van der Waals surface area contributed by atoms with Gasteiger partial charge >= 0.3 is 0 Å². The Morgan fingerprint density at radius 2 is 1.93 bits per heavy atom. The van der Waals surface area contributed by atoms with Crippen molar-refractivity contribution in [3.8, 4) is 17.2 Å². The Morgan fingerprint density at radius 3 is 2.48 bits per heavy atom.